The molecule has 0 bridgehead atoms. The smallest absolute Gasteiger partial charge is 0.0217 e. The van der Waals surface area contributed by atoms with Crippen molar-refractivity contribution >= 4 is 0 Å². The van der Waals surface area contributed by atoms with Crippen LogP contribution in [0, 0.1) is 6.92 Å². The normalized spacial score (nSPS) is 31.0. The van der Waals surface area contributed by atoms with Gasteiger partial charge in [0.05, 0.1) is 0 Å². The third-order valence-corrected chi connectivity index (χ3v) is 5.22. The average molecular weight is 272 g/mol. The topological polar surface area (TPSA) is 15.3 Å². The first-order valence-corrected chi connectivity index (χ1v) is 8.22. The van der Waals surface area contributed by atoms with Gasteiger partial charge in [0.25, 0.3) is 0 Å². The molecule has 20 heavy (non-hydrogen) atoms. The van der Waals surface area contributed by atoms with Gasteiger partial charge in [-0.05, 0) is 57.7 Å². The second-order valence-electron chi connectivity index (χ2n) is 6.82. The van der Waals surface area contributed by atoms with Gasteiger partial charge in [-0.1, -0.05) is 36.2 Å². The van der Waals surface area contributed by atoms with Crippen molar-refractivity contribution in [1.82, 2.24) is 10.2 Å². The molecule has 1 aromatic rings. The van der Waals surface area contributed by atoms with Crippen molar-refractivity contribution in [2.24, 2.45) is 0 Å². The standard InChI is InChI=1S/C18H28N2/c1-14-6-5-7-15(10-14)16-11-17(12-16)19-13-18-8-3-4-9-20(18)2/h5-7,10,16-19H,3-4,8-9,11-13H2,1-2H3. The van der Waals surface area contributed by atoms with E-state index in [1.165, 1.54) is 56.3 Å². The Morgan fingerprint density at radius 3 is 2.85 bits per heavy atom. The number of piperidine rings is 1. The molecule has 1 heterocycles. The molecule has 1 N–H and O–H groups in total. The van der Waals surface area contributed by atoms with E-state index in [1.54, 1.807) is 0 Å². The summed E-state index contributed by atoms with van der Waals surface area (Å²) in [6.45, 7) is 4.65. The van der Waals surface area contributed by atoms with E-state index in [2.05, 4.69) is 48.5 Å². The monoisotopic (exact) mass is 272 g/mol. The Labute approximate surface area is 123 Å². The molecule has 0 spiro atoms. The van der Waals surface area contributed by atoms with E-state index < -0.39 is 0 Å². The van der Waals surface area contributed by atoms with Gasteiger partial charge in [-0.3, -0.25) is 0 Å². The van der Waals surface area contributed by atoms with E-state index in [0.717, 1.165) is 18.0 Å². The Balaban J connectivity index is 1.42. The highest BCUT2D eigenvalue weighted by atomic mass is 15.2. The number of hydrogen-bond donors (Lipinski definition) is 1. The van der Waals surface area contributed by atoms with Crippen LogP contribution in [-0.2, 0) is 0 Å². The lowest BCUT2D eigenvalue weighted by molar-refractivity contribution is 0.166. The molecule has 3 rings (SSSR count). The van der Waals surface area contributed by atoms with Crippen molar-refractivity contribution < 1.29 is 0 Å². The number of nitrogens with one attached hydrogen (secondary N) is 1. The summed E-state index contributed by atoms with van der Waals surface area (Å²) in [7, 11) is 2.28. The van der Waals surface area contributed by atoms with Gasteiger partial charge in [0.15, 0.2) is 0 Å². The molecule has 1 unspecified atom stereocenters. The lowest BCUT2D eigenvalue weighted by atomic mass is 9.75. The van der Waals surface area contributed by atoms with Crippen LogP contribution < -0.4 is 5.32 Å². The van der Waals surface area contributed by atoms with Crippen LogP contribution in [0.4, 0.5) is 0 Å². The van der Waals surface area contributed by atoms with E-state index in [4.69, 9.17) is 0 Å². The molecule has 1 saturated carbocycles. The van der Waals surface area contributed by atoms with Crippen molar-refractivity contribution in [3.8, 4) is 0 Å². The Bertz CT molecular complexity index is 437. The molecule has 2 heteroatoms. The number of benzene rings is 1. The highest BCUT2D eigenvalue weighted by Crippen LogP contribution is 2.37. The first kappa shape index (κ1) is 14.1. The van der Waals surface area contributed by atoms with Crippen LogP contribution in [0.15, 0.2) is 24.3 Å². The van der Waals surface area contributed by atoms with Crippen LogP contribution in [0.3, 0.4) is 0 Å². The lowest BCUT2D eigenvalue weighted by Gasteiger charge is -2.39. The molecule has 0 aromatic heterocycles. The zero-order valence-electron chi connectivity index (χ0n) is 12.9. The minimum absolute atomic E-state index is 0.746. The number of likely N-dealkylation sites (tertiary alicyclic amines) is 1. The van der Waals surface area contributed by atoms with Gasteiger partial charge in [0.1, 0.15) is 0 Å². The molecule has 1 aliphatic carbocycles. The van der Waals surface area contributed by atoms with Gasteiger partial charge in [-0.15, -0.1) is 0 Å². The Morgan fingerprint density at radius 2 is 2.10 bits per heavy atom. The van der Waals surface area contributed by atoms with Crippen LogP contribution in [0.5, 0.6) is 0 Å². The molecule has 0 radical (unpaired) electrons. The predicted octanol–water partition coefficient (Wildman–Crippen LogP) is 3.31. The molecule has 0 amide bonds. The van der Waals surface area contributed by atoms with Crippen LogP contribution in [-0.4, -0.2) is 37.1 Å². The highest BCUT2D eigenvalue weighted by Gasteiger charge is 2.30. The third kappa shape index (κ3) is 3.24. The van der Waals surface area contributed by atoms with Crippen molar-refractivity contribution in [1.29, 1.82) is 0 Å². The predicted molar refractivity (Wildman–Crippen MR) is 85.2 cm³/mol. The highest BCUT2D eigenvalue weighted by molar-refractivity contribution is 5.27. The molecule has 1 aromatic carbocycles. The molecule has 2 aliphatic rings. The van der Waals surface area contributed by atoms with Gasteiger partial charge in [0.2, 0.25) is 0 Å². The quantitative estimate of drug-likeness (QED) is 0.904. The zero-order valence-corrected chi connectivity index (χ0v) is 12.9. The second kappa shape index (κ2) is 6.28. The van der Waals surface area contributed by atoms with Crippen molar-refractivity contribution in [3.63, 3.8) is 0 Å². The summed E-state index contributed by atoms with van der Waals surface area (Å²) in [6, 6.07) is 10.6. The number of nitrogens with zero attached hydrogens (tertiary/aromatic N) is 1. The number of aryl methyl sites for hydroxylation is 1. The summed E-state index contributed by atoms with van der Waals surface area (Å²) >= 11 is 0. The third-order valence-electron chi connectivity index (χ3n) is 5.22. The summed E-state index contributed by atoms with van der Waals surface area (Å²) in [5.41, 5.74) is 2.93. The molecule has 110 valence electrons. The zero-order chi connectivity index (χ0) is 13.9. The van der Waals surface area contributed by atoms with Gasteiger partial charge >= 0.3 is 0 Å². The summed E-state index contributed by atoms with van der Waals surface area (Å²) in [5.74, 6) is 0.788. The van der Waals surface area contributed by atoms with E-state index in [1.807, 2.05) is 0 Å². The largest absolute Gasteiger partial charge is 0.312 e. The van der Waals surface area contributed by atoms with E-state index in [0.29, 0.717) is 0 Å². The van der Waals surface area contributed by atoms with Crippen molar-refractivity contribution in [3.05, 3.63) is 35.4 Å². The van der Waals surface area contributed by atoms with Gasteiger partial charge in [0, 0.05) is 18.6 Å². The SMILES string of the molecule is Cc1cccc(C2CC(NCC3CCCCN3C)C2)c1. The Kier molecular flexibility index (Phi) is 4.42. The number of rotatable bonds is 4. The molecule has 1 atom stereocenters. The van der Waals surface area contributed by atoms with Gasteiger partial charge in [-0.25, -0.2) is 0 Å². The van der Waals surface area contributed by atoms with E-state index in [9.17, 15) is 0 Å². The van der Waals surface area contributed by atoms with Gasteiger partial charge < -0.3 is 10.2 Å². The summed E-state index contributed by atoms with van der Waals surface area (Å²) < 4.78 is 0. The van der Waals surface area contributed by atoms with Crippen molar-refractivity contribution in [2.75, 3.05) is 20.1 Å². The Morgan fingerprint density at radius 1 is 1.25 bits per heavy atom. The molecule has 2 fully saturated rings. The fourth-order valence-corrected chi connectivity index (χ4v) is 3.69. The van der Waals surface area contributed by atoms with Crippen LogP contribution in [0.25, 0.3) is 0 Å². The maximum atomic E-state index is 3.79. The molecule has 1 saturated heterocycles. The lowest BCUT2D eigenvalue weighted by Crippen LogP contribution is -2.48. The number of likely N-dealkylation sites (N-methyl/N-ethyl adjacent to an activating group) is 1. The van der Waals surface area contributed by atoms with E-state index in [-0.39, 0.29) is 0 Å². The minimum Gasteiger partial charge on any atom is -0.312 e. The second-order valence-corrected chi connectivity index (χ2v) is 6.82. The molecule has 1 aliphatic heterocycles. The van der Waals surface area contributed by atoms with Crippen LogP contribution in [0.2, 0.25) is 0 Å². The van der Waals surface area contributed by atoms with Gasteiger partial charge in [-0.2, -0.15) is 0 Å². The molecular weight excluding hydrogens is 244 g/mol. The average Bonchev–Trinajstić information content (AvgIpc) is 2.39. The summed E-state index contributed by atoms with van der Waals surface area (Å²) in [6.07, 6.45) is 6.80. The molecular formula is C18H28N2. The van der Waals surface area contributed by atoms with Crippen LogP contribution in [0.1, 0.15) is 49.1 Å². The molecule has 2 nitrogen and oxygen atoms in total. The summed E-state index contributed by atoms with van der Waals surface area (Å²) in [5, 5.41) is 3.79. The fourth-order valence-electron chi connectivity index (χ4n) is 3.69. The Hall–Kier alpha value is -0.860. The van der Waals surface area contributed by atoms with Crippen molar-refractivity contribution in [2.45, 2.75) is 57.0 Å². The van der Waals surface area contributed by atoms with E-state index >= 15 is 0 Å². The fraction of sp³-hybridized carbons (Fsp3) is 0.667. The first-order chi connectivity index (χ1) is 9.72. The maximum absolute atomic E-state index is 3.79. The van der Waals surface area contributed by atoms with Crippen LogP contribution >= 0.6 is 0 Å². The summed E-state index contributed by atoms with van der Waals surface area (Å²) in [4.78, 5) is 2.53. The number of hydrogen-bond acceptors (Lipinski definition) is 2. The minimum atomic E-state index is 0.746. The maximum Gasteiger partial charge on any atom is 0.0217 e. The first-order valence-electron chi connectivity index (χ1n) is 8.22.